The van der Waals surface area contributed by atoms with Crippen LogP contribution in [-0.4, -0.2) is 11.8 Å². The van der Waals surface area contributed by atoms with Crippen molar-refractivity contribution in [3.8, 4) is 0 Å². The molecule has 2 nitrogen and oxygen atoms in total. The first-order chi connectivity index (χ1) is 3.79. The molecule has 0 aromatic carbocycles. The molecule has 1 rings (SSSR count). The van der Waals surface area contributed by atoms with Crippen LogP contribution in [0, 0.1) is 0 Å². The lowest BCUT2D eigenvalue weighted by atomic mass is 10.3. The van der Waals surface area contributed by atoms with Crippen LogP contribution in [0.25, 0.3) is 0 Å². The zero-order valence-electron chi connectivity index (χ0n) is 5.09. The number of hydrogen-bond donors (Lipinski definition) is 0. The smallest absolute Gasteiger partial charge is 0.143 e. The minimum atomic E-state index is 0.152. The van der Waals surface area contributed by atoms with E-state index in [0.717, 1.165) is 5.71 Å². The molecular formula is C6H9NO. The van der Waals surface area contributed by atoms with E-state index >= 15 is 0 Å². The van der Waals surface area contributed by atoms with Crippen LogP contribution in [0.2, 0.25) is 0 Å². The maximum atomic E-state index is 4.89. The Balaban J connectivity index is 2.58. The van der Waals surface area contributed by atoms with E-state index in [2.05, 4.69) is 5.16 Å². The van der Waals surface area contributed by atoms with Crippen molar-refractivity contribution in [3.63, 3.8) is 0 Å². The van der Waals surface area contributed by atoms with Crippen molar-refractivity contribution in [1.82, 2.24) is 0 Å². The fraction of sp³-hybridized carbons (Fsp3) is 0.500. The maximum absolute atomic E-state index is 4.89. The van der Waals surface area contributed by atoms with Crippen molar-refractivity contribution in [2.75, 3.05) is 0 Å². The Hall–Kier alpha value is -0.790. The Bertz CT molecular complexity index is 137. The van der Waals surface area contributed by atoms with Gasteiger partial charge in [-0.3, -0.25) is 0 Å². The monoisotopic (exact) mass is 111 g/mol. The van der Waals surface area contributed by atoms with Crippen molar-refractivity contribution in [1.29, 1.82) is 0 Å². The first-order valence-corrected chi connectivity index (χ1v) is 2.67. The average molecular weight is 111 g/mol. The zero-order valence-corrected chi connectivity index (χ0v) is 5.09. The number of nitrogens with zero attached hydrogens (tertiary/aromatic N) is 1. The van der Waals surface area contributed by atoms with Gasteiger partial charge < -0.3 is 4.84 Å². The van der Waals surface area contributed by atoms with Gasteiger partial charge in [0.2, 0.25) is 0 Å². The highest BCUT2D eigenvalue weighted by atomic mass is 16.6. The van der Waals surface area contributed by atoms with Crippen LogP contribution in [-0.2, 0) is 4.84 Å². The van der Waals surface area contributed by atoms with Gasteiger partial charge in [0.15, 0.2) is 0 Å². The zero-order chi connectivity index (χ0) is 5.98. The molecule has 1 heterocycles. The molecule has 8 heavy (non-hydrogen) atoms. The third-order valence-electron chi connectivity index (χ3n) is 0.971. The molecule has 0 aromatic rings. The lowest BCUT2D eigenvalue weighted by Gasteiger charge is -2.07. The minimum Gasteiger partial charge on any atom is -0.388 e. The molecule has 1 aliphatic heterocycles. The molecule has 0 fully saturated rings. The van der Waals surface area contributed by atoms with Crippen LogP contribution in [0.15, 0.2) is 17.3 Å². The van der Waals surface area contributed by atoms with E-state index in [1.807, 2.05) is 26.0 Å². The minimum absolute atomic E-state index is 0.152. The number of allylic oxidation sites excluding steroid dienone is 1. The SMILES string of the molecule is CC1=NOC(C)C=C1. The van der Waals surface area contributed by atoms with Gasteiger partial charge in [-0.1, -0.05) is 5.16 Å². The Labute approximate surface area is 48.8 Å². The van der Waals surface area contributed by atoms with Crippen molar-refractivity contribution < 1.29 is 4.84 Å². The van der Waals surface area contributed by atoms with Crippen LogP contribution >= 0.6 is 0 Å². The summed E-state index contributed by atoms with van der Waals surface area (Å²) in [5.74, 6) is 0. The van der Waals surface area contributed by atoms with Crippen LogP contribution in [0.3, 0.4) is 0 Å². The summed E-state index contributed by atoms with van der Waals surface area (Å²) in [5.41, 5.74) is 0.933. The van der Waals surface area contributed by atoms with Gasteiger partial charge >= 0.3 is 0 Å². The summed E-state index contributed by atoms with van der Waals surface area (Å²) < 4.78 is 0. The third-order valence-corrected chi connectivity index (χ3v) is 0.971. The lowest BCUT2D eigenvalue weighted by Crippen LogP contribution is -2.06. The molecule has 0 N–H and O–H groups in total. The molecule has 2 heteroatoms. The van der Waals surface area contributed by atoms with Gasteiger partial charge in [-0.25, -0.2) is 0 Å². The third kappa shape index (κ3) is 1.09. The van der Waals surface area contributed by atoms with Crippen LogP contribution in [0.1, 0.15) is 13.8 Å². The van der Waals surface area contributed by atoms with E-state index in [-0.39, 0.29) is 6.10 Å². The first-order valence-electron chi connectivity index (χ1n) is 2.67. The van der Waals surface area contributed by atoms with E-state index < -0.39 is 0 Å². The van der Waals surface area contributed by atoms with E-state index in [4.69, 9.17) is 4.84 Å². The summed E-state index contributed by atoms with van der Waals surface area (Å²) >= 11 is 0. The predicted octanol–water partition coefficient (Wildman–Crippen LogP) is 1.34. The molecule has 0 radical (unpaired) electrons. The van der Waals surface area contributed by atoms with Crippen LogP contribution in [0.4, 0.5) is 0 Å². The highest BCUT2D eigenvalue weighted by molar-refractivity contribution is 5.92. The molecule has 0 spiro atoms. The van der Waals surface area contributed by atoms with E-state index in [1.54, 1.807) is 0 Å². The molecule has 0 bridgehead atoms. The summed E-state index contributed by atoms with van der Waals surface area (Å²) in [7, 11) is 0. The van der Waals surface area contributed by atoms with Crippen molar-refractivity contribution in [2.45, 2.75) is 20.0 Å². The second-order valence-corrected chi connectivity index (χ2v) is 1.90. The van der Waals surface area contributed by atoms with Gasteiger partial charge in [0.1, 0.15) is 6.10 Å². The van der Waals surface area contributed by atoms with E-state index in [9.17, 15) is 0 Å². The predicted molar refractivity (Wildman–Crippen MR) is 32.8 cm³/mol. The van der Waals surface area contributed by atoms with Gasteiger partial charge in [-0.05, 0) is 26.0 Å². The Kier molecular flexibility index (Phi) is 1.33. The molecule has 1 atom stereocenters. The molecule has 0 saturated heterocycles. The summed E-state index contributed by atoms with van der Waals surface area (Å²) in [6.07, 6.45) is 4.08. The van der Waals surface area contributed by atoms with Crippen LogP contribution in [0.5, 0.6) is 0 Å². The van der Waals surface area contributed by atoms with Gasteiger partial charge in [-0.15, -0.1) is 0 Å². The summed E-state index contributed by atoms with van der Waals surface area (Å²) in [4.78, 5) is 4.89. The molecule has 0 saturated carbocycles. The van der Waals surface area contributed by atoms with Gasteiger partial charge in [0.25, 0.3) is 0 Å². The Morgan fingerprint density at radius 3 is 2.88 bits per heavy atom. The van der Waals surface area contributed by atoms with Gasteiger partial charge in [-0.2, -0.15) is 0 Å². The lowest BCUT2D eigenvalue weighted by molar-refractivity contribution is 0.103. The average Bonchev–Trinajstić information content (AvgIpc) is 1.77. The summed E-state index contributed by atoms with van der Waals surface area (Å²) in [6.45, 7) is 3.86. The second kappa shape index (κ2) is 1.99. The van der Waals surface area contributed by atoms with Gasteiger partial charge in [0.05, 0.1) is 5.71 Å². The van der Waals surface area contributed by atoms with Crippen LogP contribution < -0.4 is 0 Å². The first kappa shape index (κ1) is 5.35. The standard InChI is InChI=1S/C6H9NO/c1-5-3-4-6(2)8-7-5/h3-4,6H,1-2H3. The fourth-order valence-corrected chi connectivity index (χ4v) is 0.507. The normalized spacial score (nSPS) is 26.8. The number of hydrogen-bond acceptors (Lipinski definition) is 2. The topological polar surface area (TPSA) is 21.6 Å². The van der Waals surface area contributed by atoms with Crippen molar-refractivity contribution in [2.24, 2.45) is 5.16 Å². The Morgan fingerprint density at radius 1 is 1.75 bits per heavy atom. The molecule has 44 valence electrons. The molecular weight excluding hydrogens is 102 g/mol. The quantitative estimate of drug-likeness (QED) is 0.462. The highest BCUT2D eigenvalue weighted by Crippen LogP contribution is 2.00. The largest absolute Gasteiger partial charge is 0.388 e. The van der Waals surface area contributed by atoms with Crippen molar-refractivity contribution in [3.05, 3.63) is 12.2 Å². The summed E-state index contributed by atoms with van der Waals surface area (Å²) in [6, 6.07) is 0. The molecule has 0 amide bonds. The number of rotatable bonds is 0. The fourth-order valence-electron chi connectivity index (χ4n) is 0.507. The van der Waals surface area contributed by atoms with E-state index in [0.29, 0.717) is 0 Å². The molecule has 0 aliphatic carbocycles. The Morgan fingerprint density at radius 2 is 2.50 bits per heavy atom. The second-order valence-electron chi connectivity index (χ2n) is 1.90. The van der Waals surface area contributed by atoms with Gasteiger partial charge in [0, 0.05) is 0 Å². The molecule has 1 unspecified atom stereocenters. The summed E-state index contributed by atoms with van der Waals surface area (Å²) in [5, 5.41) is 3.74. The van der Waals surface area contributed by atoms with Crippen molar-refractivity contribution >= 4 is 5.71 Å². The highest BCUT2D eigenvalue weighted by Gasteiger charge is 1.99. The number of oxime groups is 1. The van der Waals surface area contributed by atoms with E-state index in [1.165, 1.54) is 0 Å². The maximum Gasteiger partial charge on any atom is 0.143 e. The molecule has 0 aromatic heterocycles. The molecule has 1 aliphatic rings.